The second-order valence-electron chi connectivity index (χ2n) is 4.11. The molecule has 1 rings (SSSR count). The zero-order valence-corrected chi connectivity index (χ0v) is 8.31. The molecule has 0 aromatic heterocycles. The van der Waals surface area contributed by atoms with E-state index in [9.17, 15) is 0 Å². The van der Waals surface area contributed by atoms with Crippen LogP contribution in [0.1, 0.15) is 20.3 Å². The van der Waals surface area contributed by atoms with Crippen LogP contribution < -0.4 is 10.6 Å². The van der Waals surface area contributed by atoms with Crippen LogP contribution in [0.15, 0.2) is 0 Å². The van der Waals surface area contributed by atoms with Crippen LogP contribution in [0, 0.1) is 0 Å². The van der Waals surface area contributed by atoms with Crippen molar-refractivity contribution in [3.8, 4) is 0 Å². The molecule has 0 amide bonds. The summed E-state index contributed by atoms with van der Waals surface area (Å²) in [5.74, 6) is 0. The maximum atomic E-state index is 4.97. The minimum atomic E-state index is 0.310. The van der Waals surface area contributed by atoms with E-state index in [0.717, 1.165) is 19.7 Å². The fraction of sp³-hybridized carbons (Fsp3) is 1.00. The summed E-state index contributed by atoms with van der Waals surface area (Å²) in [7, 11) is 1.73. The highest BCUT2D eigenvalue weighted by molar-refractivity contribution is 4.92. The summed E-state index contributed by atoms with van der Waals surface area (Å²) in [6.45, 7) is 7.32. The van der Waals surface area contributed by atoms with E-state index in [-0.39, 0.29) is 0 Å². The van der Waals surface area contributed by atoms with Gasteiger partial charge in [-0.15, -0.1) is 0 Å². The summed E-state index contributed by atoms with van der Waals surface area (Å²) in [5, 5.41) is 6.92. The molecule has 1 aliphatic heterocycles. The lowest BCUT2D eigenvalue weighted by Crippen LogP contribution is -2.33. The molecule has 1 fully saturated rings. The molecule has 0 bridgehead atoms. The quantitative estimate of drug-likeness (QED) is 0.601. The van der Waals surface area contributed by atoms with Gasteiger partial charge in [0, 0.05) is 31.8 Å². The van der Waals surface area contributed by atoms with Crippen LogP contribution in [0.5, 0.6) is 0 Å². The lowest BCUT2D eigenvalue weighted by atomic mass is 10.0. The first kappa shape index (κ1) is 9.96. The number of methoxy groups -OCH3 is 1. The van der Waals surface area contributed by atoms with Crippen molar-refractivity contribution in [3.05, 3.63) is 0 Å². The van der Waals surface area contributed by atoms with E-state index >= 15 is 0 Å². The number of nitrogens with one attached hydrogen (secondary N) is 2. The maximum absolute atomic E-state index is 4.97. The van der Waals surface area contributed by atoms with Crippen molar-refractivity contribution in [2.24, 2.45) is 0 Å². The highest BCUT2D eigenvalue weighted by Crippen LogP contribution is 2.17. The SMILES string of the molecule is COCCNC1CNC(C)(C)C1. The summed E-state index contributed by atoms with van der Waals surface area (Å²) in [6.07, 6.45) is 1.21. The summed E-state index contributed by atoms with van der Waals surface area (Å²) >= 11 is 0. The third-order valence-corrected chi connectivity index (χ3v) is 2.32. The molecular weight excluding hydrogens is 152 g/mol. The lowest BCUT2D eigenvalue weighted by Gasteiger charge is -2.17. The van der Waals surface area contributed by atoms with E-state index < -0.39 is 0 Å². The second kappa shape index (κ2) is 4.21. The maximum Gasteiger partial charge on any atom is 0.0587 e. The summed E-state index contributed by atoms with van der Waals surface area (Å²) < 4.78 is 4.97. The Balaban J connectivity index is 2.11. The molecule has 3 nitrogen and oxygen atoms in total. The largest absolute Gasteiger partial charge is 0.383 e. The fourth-order valence-electron chi connectivity index (χ4n) is 1.67. The molecule has 12 heavy (non-hydrogen) atoms. The highest BCUT2D eigenvalue weighted by Gasteiger charge is 2.29. The first-order chi connectivity index (χ1) is 5.64. The Bertz CT molecular complexity index is 136. The zero-order chi connectivity index (χ0) is 9.03. The molecular formula is C9H20N2O. The zero-order valence-electron chi connectivity index (χ0n) is 8.31. The molecule has 0 aromatic rings. The third kappa shape index (κ3) is 3.09. The van der Waals surface area contributed by atoms with Crippen molar-refractivity contribution in [3.63, 3.8) is 0 Å². The van der Waals surface area contributed by atoms with Gasteiger partial charge >= 0.3 is 0 Å². The van der Waals surface area contributed by atoms with Gasteiger partial charge in [-0.25, -0.2) is 0 Å². The fourth-order valence-corrected chi connectivity index (χ4v) is 1.67. The Morgan fingerprint density at radius 2 is 2.33 bits per heavy atom. The van der Waals surface area contributed by atoms with Crippen molar-refractivity contribution >= 4 is 0 Å². The van der Waals surface area contributed by atoms with Crippen molar-refractivity contribution in [2.75, 3.05) is 26.8 Å². The van der Waals surface area contributed by atoms with Crippen LogP contribution in [0.25, 0.3) is 0 Å². The Kier molecular flexibility index (Phi) is 3.50. The van der Waals surface area contributed by atoms with Crippen LogP contribution >= 0.6 is 0 Å². The number of rotatable bonds is 4. The first-order valence-electron chi connectivity index (χ1n) is 4.61. The van der Waals surface area contributed by atoms with Crippen molar-refractivity contribution in [1.82, 2.24) is 10.6 Å². The van der Waals surface area contributed by atoms with E-state index in [2.05, 4.69) is 24.5 Å². The van der Waals surface area contributed by atoms with Gasteiger partial charge in [-0.3, -0.25) is 0 Å². The molecule has 3 heteroatoms. The van der Waals surface area contributed by atoms with E-state index in [0.29, 0.717) is 11.6 Å². The van der Waals surface area contributed by atoms with Crippen molar-refractivity contribution in [1.29, 1.82) is 0 Å². The van der Waals surface area contributed by atoms with Crippen LogP contribution in [0.3, 0.4) is 0 Å². The van der Waals surface area contributed by atoms with Gasteiger partial charge in [-0.1, -0.05) is 0 Å². The Labute approximate surface area is 74.9 Å². The molecule has 1 saturated heterocycles. The van der Waals surface area contributed by atoms with Gasteiger partial charge in [0.2, 0.25) is 0 Å². The van der Waals surface area contributed by atoms with Crippen LogP contribution in [0.4, 0.5) is 0 Å². The summed E-state index contributed by atoms with van der Waals surface area (Å²) in [6, 6.07) is 0.621. The second-order valence-corrected chi connectivity index (χ2v) is 4.11. The average molecular weight is 172 g/mol. The molecule has 2 N–H and O–H groups in total. The summed E-state index contributed by atoms with van der Waals surface area (Å²) in [5.41, 5.74) is 0.310. The predicted octanol–water partition coefficient (Wildman–Crippen LogP) is 0.363. The number of ether oxygens (including phenoxy) is 1. The molecule has 1 unspecified atom stereocenters. The molecule has 1 aliphatic rings. The van der Waals surface area contributed by atoms with Crippen molar-refractivity contribution in [2.45, 2.75) is 31.8 Å². The Morgan fingerprint density at radius 3 is 2.83 bits per heavy atom. The predicted molar refractivity (Wildman–Crippen MR) is 50.4 cm³/mol. The van der Waals surface area contributed by atoms with Crippen LogP contribution in [0.2, 0.25) is 0 Å². The molecule has 0 aliphatic carbocycles. The van der Waals surface area contributed by atoms with Gasteiger partial charge in [0.05, 0.1) is 6.61 Å². The standard InChI is InChI=1S/C9H20N2O/c1-9(2)6-8(7-11-9)10-4-5-12-3/h8,10-11H,4-7H2,1-3H3. The van der Waals surface area contributed by atoms with E-state index in [1.54, 1.807) is 7.11 Å². The Hall–Kier alpha value is -0.120. The summed E-state index contributed by atoms with van der Waals surface area (Å²) in [4.78, 5) is 0. The van der Waals surface area contributed by atoms with E-state index in [1.807, 2.05) is 0 Å². The number of hydrogen-bond donors (Lipinski definition) is 2. The average Bonchev–Trinajstić information content (AvgIpc) is 2.31. The first-order valence-corrected chi connectivity index (χ1v) is 4.61. The molecule has 0 spiro atoms. The van der Waals surface area contributed by atoms with Gasteiger partial charge in [0.15, 0.2) is 0 Å². The van der Waals surface area contributed by atoms with Crippen LogP contribution in [-0.4, -0.2) is 38.4 Å². The minimum absolute atomic E-state index is 0.310. The van der Waals surface area contributed by atoms with Gasteiger partial charge < -0.3 is 15.4 Å². The number of hydrogen-bond acceptors (Lipinski definition) is 3. The normalized spacial score (nSPS) is 27.8. The molecule has 1 atom stereocenters. The van der Waals surface area contributed by atoms with E-state index in [4.69, 9.17) is 4.74 Å². The van der Waals surface area contributed by atoms with Gasteiger partial charge in [-0.05, 0) is 20.3 Å². The van der Waals surface area contributed by atoms with E-state index in [1.165, 1.54) is 6.42 Å². The minimum Gasteiger partial charge on any atom is -0.383 e. The Morgan fingerprint density at radius 1 is 1.58 bits per heavy atom. The molecule has 0 radical (unpaired) electrons. The van der Waals surface area contributed by atoms with Gasteiger partial charge in [0.25, 0.3) is 0 Å². The molecule has 72 valence electrons. The third-order valence-electron chi connectivity index (χ3n) is 2.32. The highest BCUT2D eigenvalue weighted by atomic mass is 16.5. The molecule has 0 aromatic carbocycles. The molecule has 0 saturated carbocycles. The van der Waals surface area contributed by atoms with Gasteiger partial charge in [0.1, 0.15) is 0 Å². The van der Waals surface area contributed by atoms with Crippen molar-refractivity contribution < 1.29 is 4.74 Å². The molecule has 1 heterocycles. The van der Waals surface area contributed by atoms with Gasteiger partial charge in [-0.2, -0.15) is 0 Å². The topological polar surface area (TPSA) is 33.3 Å². The lowest BCUT2D eigenvalue weighted by molar-refractivity contribution is 0.196. The van der Waals surface area contributed by atoms with Crippen LogP contribution in [-0.2, 0) is 4.74 Å². The monoisotopic (exact) mass is 172 g/mol. The smallest absolute Gasteiger partial charge is 0.0587 e.